The number of para-hydroxylation sites is 1. The fourth-order valence-corrected chi connectivity index (χ4v) is 6.01. The number of benzene rings is 2. The predicted octanol–water partition coefficient (Wildman–Crippen LogP) is 2.96. The molecule has 9 heteroatoms. The van der Waals surface area contributed by atoms with E-state index in [0.717, 1.165) is 0 Å². The first-order valence-corrected chi connectivity index (χ1v) is 12.8. The molecule has 0 spiro atoms. The van der Waals surface area contributed by atoms with E-state index in [0.29, 0.717) is 29.9 Å². The number of fused-ring (bicyclic) bond motifs is 1. The van der Waals surface area contributed by atoms with Crippen LogP contribution < -0.4 is 5.43 Å². The molecule has 178 valence electrons. The van der Waals surface area contributed by atoms with Crippen LogP contribution in [0.5, 0.6) is 0 Å². The summed E-state index contributed by atoms with van der Waals surface area (Å²) >= 11 is 0. The predicted molar refractivity (Wildman–Crippen MR) is 127 cm³/mol. The number of rotatable bonds is 6. The average Bonchev–Trinajstić information content (AvgIpc) is 3.19. The molecular formula is C25H25NO7S. The fraction of sp³-hybridized carbons (Fsp3) is 0.320. The molecule has 34 heavy (non-hydrogen) atoms. The number of hydrogen-bond acceptors (Lipinski definition) is 7. The van der Waals surface area contributed by atoms with Gasteiger partial charge in [-0.2, -0.15) is 0 Å². The van der Waals surface area contributed by atoms with Gasteiger partial charge in [-0.1, -0.05) is 36.4 Å². The second-order valence-corrected chi connectivity index (χ2v) is 10.5. The van der Waals surface area contributed by atoms with Gasteiger partial charge in [0, 0.05) is 23.7 Å². The van der Waals surface area contributed by atoms with Crippen molar-refractivity contribution in [1.29, 1.82) is 0 Å². The molecule has 0 bridgehead atoms. The highest BCUT2D eigenvalue weighted by molar-refractivity contribution is 7.91. The summed E-state index contributed by atoms with van der Waals surface area (Å²) in [4.78, 5) is 40.0. The lowest BCUT2D eigenvalue weighted by Gasteiger charge is -2.26. The Morgan fingerprint density at radius 2 is 1.85 bits per heavy atom. The Bertz CT molecular complexity index is 1410. The molecule has 1 unspecified atom stereocenters. The van der Waals surface area contributed by atoms with Gasteiger partial charge in [0.15, 0.2) is 27.5 Å². The van der Waals surface area contributed by atoms with Crippen LogP contribution in [0.1, 0.15) is 29.3 Å². The van der Waals surface area contributed by atoms with E-state index in [1.165, 1.54) is 11.0 Å². The Kier molecular flexibility index (Phi) is 6.56. The zero-order valence-corrected chi connectivity index (χ0v) is 19.8. The Labute approximate surface area is 197 Å². The maximum Gasteiger partial charge on any atom is 0.342 e. The quantitative estimate of drug-likeness (QED) is 0.496. The van der Waals surface area contributed by atoms with E-state index in [2.05, 4.69) is 0 Å². The van der Waals surface area contributed by atoms with Crippen molar-refractivity contribution in [2.75, 3.05) is 24.7 Å². The van der Waals surface area contributed by atoms with Gasteiger partial charge in [-0.15, -0.1) is 0 Å². The van der Waals surface area contributed by atoms with Gasteiger partial charge in [0.05, 0.1) is 16.9 Å². The molecule has 0 radical (unpaired) electrons. The minimum atomic E-state index is -3.16. The highest BCUT2D eigenvalue weighted by atomic mass is 32.2. The summed E-state index contributed by atoms with van der Waals surface area (Å²) in [5, 5.41) is 0.240. The summed E-state index contributed by atoms with van der Waals surface area (Å²) in [7, 11) is -3.16. The van der Waals surface area contributed by atoms with E-state index in [-0.39, 0.29) is 33.5 Å². The zero-order chi connectivity index (χ0) is 24.5. The SMILES string of the molecule is CCN(C(=O)COC(=O)c1cccc2c(=O)c(C)c(-c3ccccc3)oc12)C1CCS(=O)(=O)C1. The molecule has 1 aromatic heterocycles. The highest BCUT2D eigenvalue weighted by Crippen LogP contribution is 2.27. The number of likely N-dealkylation sites (N-methyl/N-ethyl adjacent to an activating group) is 1. The Hall–Kier alpha value is -3.46. The molecule has 2 aromatic carbocycles. The van der Waals surface area contributed by atoms with Gasteiger partial charge in [-0.05, 0) is 32.4 Å². The smallest absolute Gasteiger partial charge is 0.342 e. The molecule has 8 nitrogen and oxygen atoms in total. The monoisotopic (exact) mass is 483 g/mol. The van der Waals surface area contributed by atoms with Crippen LogP contribution in [0.2, 0.25) is 0 Å². The maximum atomic E-state index is 13.0. The van der Waals surface area contributed by atoms with E-state index in [1.807, 2.05) is 18.2 Å². The van der Waals surface area contributed by atoms with Crippen molar-refractivity contribution in [2.24, 2.45) is 0 Å². The summed E-state index contributed by atoms with van der Waals surface area (Å²) < 4.78 is 34.9. The molecule has 1 saturated heterocycles. The molecule has 1 amide bonds. The Morgan fingerprint density at radius 3 is 2.50 bits per heavy atom. The number of carbonyl (C=O) groups is 2. The molecule has 1 aliphatic rings. The lowest BCUT2D eigenvalue weighted by atomic mass is 10.0. The third-order valence-corrected chi connectivity index (χ3v) is 7.79. The van der Waals surface area contributed by atoms with Crippen LogP contribution in [0.4, 0.5) is 0 Å². The van der Waals surface area contributed by atoms with Gasteiger partial charge in [0.1, 0.15) is 11.3 Å². The molecule has 1 fully saturated rings. The highest BCUT2D eigenvalue weighted by Gasteiger charge is 2.34. The summed E-state index contributed by atoms with van der Waals surface area (Å²) in [5.74, 6) is -0.967. The van der Waals surface area contributed by atoms with Crippen molar-refractivity contribution >= 4 is 32.7 Å². The molecule has 0 saturated carbocycles. The second-order valence-electron chi connectivity index (χ2n) is 8.25. The van der Waals surface area contributed by atoms with Gasteiger partial charge in [-0.3, -0.25) is 9.59 Å². The molecular weight excluding hydrogens is 458 g/mol. The van der Waals surface area contributed by atoms with Crippen LogP contribution >= 0.6 is 0 Å². The minimum Gasteiger partial charge on any atom is -0.455 e. The average molecular weight is 484 g/mol. The first-order chi connectivity index (χ1) is 16.2. The Morgan fingerprint density at radius 1 is 1.12 bits per heavy atom. The van der Waals surface area contributed by atoms with Crippen LogP contribution in [0.25, 0.3) is 22.3 Å². The third-order valence-electron chi connectivity index (χ3n) is 6.04. The molecule has 0 aliphatic carbocycles. The maximum absolute atomic E-state index is 13.0. The molecule has 1 atom stereocenters. The molecule has 3 aromatic rings. The summed E-state index contributed by atoms with van der Waals surface area (Å²) in [5.41, 5.74) is 0.979. The standard InChI is InChI=1S/C25H25NO7S/c1-3-26(18-12-13-34(30,31)15-18)21(27)14-32-25(29)20-11-7-10-19-22(28)16(2)23(33-24(19)20)17-8-5-4-6-9-17/h4-11,18H,3,12-15H2,1-2H3. The molecule has 2 heterocycles. The molecule has 0 N–H and O–H groups in total. The van der Waals surface area contributed by atoms with Gasteiger partial charge >= 0.3 is 5.97 Å². The van der Waals surface area contributed by atoms with Gasteiger partial charge < -0.3 is 14.1 Å². The van der Waals surface area contributed by atoms with E-state index in [4.69, 9.17) is 9.15 Å². The second kappa shape index (κ2) is 9.42. The van der Waals surface area contributed by atoms with Crippen LogP contribution in [-0.4, -0.2) is 55.9 Å². The first kappa shape index (κ1) is 23.7. The van der Waals surface area contributed by atoms with E-state index < -0.39 is 34.4 Å². The summed E-state index contributed by atoms with van der Waals surface area (Å²) in [6.45, 7) is 3.18. The van der Waals surface area contributed by atoms with Crippen molar-refractivity contribution in [2.45, 2.75) is 26.3 Å². The zero-order valence-electron chi connectivity index (χ0n) is 18.9. The van der Waals surface area contributed by atoms with Crippen LogP contribution in [0, 0.1) is 6.92 Å². The van der Waals surface area contributed by atoms with Gasteiger partial charge in [0.25, 0.3) is 5.91 Å². The van der Waals surface area contributed by atoms with E-state index in [9.17, 15) is 22.8 Å². The molecule has 4 rings (SSSR count). The fourth-order valence-electron chi connectivity index (χ4n) is 4.28. The summed E-state index contributed by atoms with van der Waals surface area (Å²) in [6.07, 6.45) is 0.367. The number of carbonyl (C=O) groups excluding carboxylic acids is 2. The minimum absolute atomic E-state index is 0.0334. The normalized spacial score (nSPS) is 16.9. The number of amides is 1. The van der Waals surface area contributed by atoms with Crippen molar-refractivity contribution in [3.63, 3.8) is 0 Å². The van der Waals surface area contributed by atoms with E-state index in [1.54, 1.807) is 38.1 Å². The van der Waals surface area contributed by atoms with Gasteiger partial charge in [0.2, 0.25) is 0 Å². The van der Waals surface area contributed by atoms with Crippen molar-refractivity contribution < 1.29 is 27.2 Å². The lowest BCUT2D eigenvalue weighted by Crippen LogP contribution is -2.43. The number of sulfone groups is 1. The largest absolute Gasteiger partial charge is 0.455 e. The van der Waals surface area contributed by atoms with Crippen molar-refractivity contribution in [3.05, 3.63) is 69.9 Å². The number of nitrogens with zero attached hydrogens (tertiary/aromatic N) is 1. The first-order valence-electron chi connectivity index (χ1n) is 11.0. The lowest BCUT2D eigenvalue weighted by molar-refractivity contribution is -0.136. The molecule has 1 aliphatic heterocycles. The van der Waals surface area contributed by atoms with Crippen LogP contribution in [-0.2, 0) is 19.4 Å². The topological polar surface area (TPSA) is 111 Å². The van der Waals surface area contributed by atoms with Crippen LogP contribution in [0.15, 0.2) is 57.7 Å². The van der Waals surface area contributed by atoms with E-state index >= 15 is 0 Å². The van der Waals surface area contributed by atoms with Gasteiger partial charge in [-0.25, -0.2) is 13.2 Å². The number of hydrogen-bond donors (Lipinski definition) is 0. The summed E-state index contributed by atoms with van der Waals surface area (Å²) in [6, 6.07) is 13.3. The van der Waals surface area contributed by atoms with Crippen LogP contribution in [0.3, 0.4) is 0 Å². The number of esters is 1. The number of ether oxygens (including phenoxy) is 1. The Balaban J connectivity index is 1.60. The van der Waals surface area contributed by atoms with Crippen molar-refractivity contribution in [3.8, 4) is 11.3 Å². The third kappa shape index (κ3) is 4.61. The van der Waals surface area contributed by atoms with Crippen molar-refractivity contribution in [1.82, 2.24) is 4.90 Å².